The van der Waals surface area contributed by atoms with Gasteiger partial charge in [-0.05, 0) is 43.3 Å². The van der Waals surface area contributed by atoms with Crippen molar-refractivity contribution >= 4 is 37.8 Å². The molecule has 10 heteroatoms. The van der Waals surface area contributed by atoms with Gasteiger partial charge in [-0.25, -0.2) is 17.5 Å². The van der Waals surface area contributed by atoms with Gasteiger partial charge in [0.2, 0.25) is 10.0 Å². The summed E-state index contributed by atoms with van der Waals surface area (Å²) >= 11 is 0. The molecule has 2 aromatic carbocycles. The summed E-state index contributed by atoms with van der Waals surface area (Å²) in [4.78, 5) is 29.0. The van der Waals surface area contributed by atoms with E-state index < -0.39 is 27.3 Å². The third kappa shape index (κ3) is 3.91. The van der Waals surface area contributed by atoms with Gasteiger partial charge in [-0.1, -0.05) is 18.2 Å². The van der Waals surface area contributed by atoms with Crippen LogP contribution in [0.5, 0.6) is 0 Å². The summed E-state index contributed by atoms with van der Waals surface area (Å²) < 4.78 is 48.6. The van der Waals surface area contributed by atoms with Gasteiger partial charge in [0.15, 0.2) is 0 Å². The van der Waals surface area contributed by atoms with E-state index in [1.165, 1.54) is 36.1 Å². The van der Waals surface area contributed by atoms with Gasteiger partial charge >= 0.3 is 0 Å². The van der Waals surface area contributed by atoms with Crippen LogP contribution in [-0.2, 0) is 16.6 Å². The molecule has 178 valence electrons. The van der Waals surface area contributed by atoms with Crippen molar-refractivity contribution in [2.24, 2.45) is 0 Å². The van der Waals surface area contributed by atoms with Gasteiger partial charge in [0.05, 0.1) is 35.0 Å². The number of carbonyl (C=O) groups excluding carboxylic acids is 1. The number of nitrogens with one attached hydrogen (secondary N) is 2. The Hall–Kier alpha value is -4.18. The second-order valence-corrected chi connectivity index (χ2v) is 9.96. The Labute approximate surface area is 199 Å². The molecule has 8 nitrogen and oxygen atoms in total. The summed E-state index contributed by atoms with van der Waals surface area (Å²) in [5.41, 5.74) is 0.947. The zero-order valence-corrected chi connectivity index (χ0v) is 19.4. The van der Waals surface area contributed by atoms with Gasteiger partial charge in [-0.15, -0.1) is 0 Å². The number of pyridine rings is 1. The number of fused-ring (bicyclic) bond motifs is 3. The molecule has 0 aliphatic heterocycles. The number of carbonyl (C=O) groups is 1. The van der Waals surface area contributed by atoms with Crippen LogP contribution in [0.1, 0.15) is 23.0 Å². The number of hydrogen-bond acceptors (Lipinski definition) is 5. The maximum absolute atomic E-state index is 14.6. The molecule has 3 heterocycles. The predicted molar refractivity (Wildman–Crippen MR) is 130 cm³/mol. The minimum absolute atomic E-state index is 0.0882. The fraction of sp³-hybridized carbons (Fsp3) is 0.120. The molecule has 0 atom stereocenters. The highest BCUT2D eigenvalue weighted by atomic mass is 32.2. The number of H-pyrrole nitrogens is 1. The summed E-state index contributed by atoms with van der Waals surface area (Å²) in [6, 6.07) is 14.5. The minimum atomic E-state index is -3.94. The zero-order valence-electron chi connectivity index (χ0n) is 18.5. The average Bonchev–Trinajstić information content (AvgIpc) is 3.43. The van der Waals surface area contributed by atoms with Crippen LogP contribution in [0.25, 0.3) is 33.0 Å². The van der Waals surface area contributed by atoms with Crippen molar-refractivity contribution < 1.29 is 22.0 Å². The maximum atomic E-state index is 14.6. The fourth-order valence-electron chi connectivity index (χ4n) is 4.20. The lowest BCUT2D eigenvalue weighted by Crippen LogP contribution is -2.33. The van der Waals surface area contributed by atoms with Crippen LogP contribution in [0.4, 0.5) is 4.39 Å². The molecule has 0 unspecified atom stereocenters. The first-order valence-corrected chi connectivity index (χ1v) is 12.4. The summed E-state index contributed by atoms with van der Waals surface area (Å²) in [5, 5.41) is 1.17. The molecule has 35 heavy (non-hydrogen) atoms. The van der Waals surface area contributed by atoms with Crippen molar-refractivity contribution in [3.8, 4) is 11.1 Å². The Morgan fingerprint density at radius 2 is 1.91 bits per heavy atom. The normalized spacial score (nSPS) is 11.8. The van der Waals surface area contributed by atoms with E-state index in [0.29, 0.717) is 16.5 Å². The number of amides is 1. The van der Waals surface area contributed by atoms with Crippen molar-refractivity contribution in [3.63, 3.8) is 0 Å². The highest BCUT2D eigenvalue weighted by molar-refractivity contribution is 7.90. The molecule has 0 radical (unpaired) electrons. The van der Waals surface area contributed by atoms with Crippen molar-refractivity contribution in [3.05, 3.63) is 94.5 Å². The monoisotopic (exact) mass is 493 g/mol. The number of aromatic nitrogens is 2. The third-order valence-electron chi connectivity index (χ3n) is 5.86. The third-order valence-corrected chi connectivity index (χ3v) is 7.12. The van der Waals surface area contributed by atoms with Crippen LogP contribution in [0.2, 0.25) is 0 Å². The Bertz CT molecular complexity index is 1770. The van der Waals surface area contributed by atoms with E-state index >= 15 is 0 Å². The molecule has 5 aromatic rings. The van der Waals surface area contributed by atoms with Crippen LogP contribution in [-0.4, -0.2) is 29.6 Å². The number of halogens is 1. The topological polar surface area (TPSA) is 114 Å². The van der Waals surface area contributed by atoms with E-state index in [-0.39, 0.29) is 34.7 Å². The lowest BCUT2D eigenvalue weighted by atomic mass is 10.0. The van der Waals surface area contributed by atoms with Crippen molar-refractivity contribution in [1.29, 1.82) is 0 Å². The van der Waals surface area contributed by atoms with Crippen LogP contribution >= 0.6 is 0 Å². The number of nitrogens with zero attached hydrogens (tertiary/aromatic N) is 1. The molecule has 0 aliphatic carbocycles. The van der Waals surface area contributed by atoms with Crippen LogP contribution in [0.15, 0.2) is 76.3 Å². The standard InChI is InChI=1S/C25H20FN3O5S/c1-2-35(32,33)28-25(31)22-20(17-7-5-12-27-24(17)30)21-19(10-9-15-11-13-34-23(15)21)29(22)14-16-6-3-4-8-18(16)26/h3-13H,2,14H2,1H3,(H,27,30)(H,28,31). The second-order valence-electron chi connectivity index (χ2n) is 7.95. The average molecular weight is 494 g/mol. The molecule has 0 bridgehead atoms. The van der Waals surface area contributed by atoms with E-state index in [0.717, 1.165) is 5.39 Å². The molecule has 2 N–H and O–H groups in total. The molecule has 0 spiro atoms. The number of rotatable bonds is 6. The molecule has 3 aromatic heterocycles. The second kappa shape index (κ2) is 8.55. The van der Waals surface area contributed by atoms with E-state index in [4.69, 9.17) is 4.42 Å². The van der Waals surface area contributed by atoms with Crippen molar-refractivity contribution in [1.82, 2.24) is 14.3 Å². The van der Waals surface area contributed by atoms with Crippen LogP contribution in [0.3, 0.4) is 0 Å². The number of aromatic amines is 1. The molecule has 0 saturated heterocycles. The van der Waals surface area contributed by atoms with Gasteiger partial charge < -0.3 is 14.0 Å². The predicted octanol–water partition coefficient (Wildman–Crippen LogP) is 4.01. The first-order valence-electron chi connectivity index (χ1n) is 10.8. The van der Waals surface area contributed by atoms with Crippen molar-refractivity contribution in [2.75, 3.05) is 5.75 Å². The highest BCUT2D eigenvalue weighted by Gasteiger charge is 2.29. The van der Waals surface area contributed by atoms with Crippen LogP contribution in [0, 0.1) is 5.82 Å². The van der Waals surface area contributed by atoms with Gasteiger partial charge in [0.25, 0.3) is 11.5 Å². The maximum Gasteiger partial charge on any atom is 0.282 e. The Kier molecular flexibility index (Phi) is 5.52. The lowest BCUT2D eigenvalue weighted by Gasteiger charge is -2.13. The quantitative estimate of drug-likeness (QED) is 0.371. The lowest BCUT2D eigenvalue weighted by molar-refractivity contribution is 0.0974. The largest absolute Gasteiger partial charge is 0.464 e. The number of sulfonamides is 1. The molecule has 0 aliphatic rings. The van der Waals surface area contributed by atoms with Gasteiger partial charge in [-0.2, -0.15) is 0 Å². The van der Waals surface area contributed by atoms with E-state index in [1.54, 1.807) is 42.5 Å². The summed E-state index contributed by atoms with van der Waals surface area (Å²) in [5.74, 6) is -1.74. The van der Waals surface area contributed by atoms with Gasteiger partial charge in [-0.3, -0.25) is 9.59 Å². The Morgan fingerprint density at radius 3 is 2.66 bits per heavy atom. The Morgan fingerprint density at radius 1 is 1.11 bits per heavy atom. The zero-order chi connectivity index (χ0) is 24.7. The van der Waals surface area contributed by atoms with Gasteiger partial charge in [0, 0.05) is 22.7 Å². The molecular weight excluding hydrogens is 473 g/mol. The SMILES string of the molecule is CCS(=O)(=O)NC(=O)c1c(-c2ccc[nH]c2=O)c2c3occc3ccc2n1Cc1ccccc1F. The number of hydrogen-bond donors (Lipinski definition) is 2. The number of furan rings is 1. The minimum Gasteiger partial charge on any atom is -0.464 e. The highest BCUT2D eigenvalue weighted by Crippen LogP contribution is 2.39. The summed E-state index contributed by atoms with van der Waals surface area (Å²) in [6.07, 6.45) is 2.94. The summed E-state index contributed by atoms with van der Waals surface area (Å²) in [7, 11) is -3.94. The van der Waals surface area contributed by atoms with Gasteiger partial charge in [0.1, 0.15) is 17.1 Å². The molecule has 5 rings (SSSR count). The molecular formula is C25H20FN3O5S. The molecule has 1 amide bonds. The van der Waals surface area contributed by atoms with E-state index in [1.807, 2.05) is 0 Å². The van der Waals surface area contributed by atoms with Crippen LogP contribution < -0.4 is 10.3 Å². The first kappa shape index (κ1) is 22.6. The number of benzene rings is 2. The smallest absolute Gasteiger partial charge is 0.282 e. The summed E-state index contributed by atoms with van der Waals surface area (Å²) in [6.45, 7) is 1.31. The fourth-order valence-corrected chi connectivity index (χ4v) is 4.73. The molecule has 0 fully saturated rings. The first-order chi connectivity index (χ1) is 16.8. The van der Waals surface area contributed by atoms with E-state index in [9.17, 15) is 22.4 Å². The van der Waals surface area contributed by atoms with E-state index in [2.05, 4.69) is 9.71 Å². The Balaban J connectivity index is 1.92. The molecule has 0 saturated carbocycles. The van der Waals surface area contributed by atoms with Crippen molar-refractivity contribution in [2.45, 2.75) is 13.5 Å².